The molecule has 4 N–H and O–H groups in total. The van der Waals surface area contributed by atoms with E-state index in [1.165, 1.54) is 19.1 Å². The van der Waals surface area contributed by atoms with Crippen LogP contribution in [0.5, 0.6) is 0 Å². The number of hydrogen-bond acceptors (Lipinski definition) is 5. The minimum Gasteiger partial charge on any atom is -0.467 e. The summed E-state index contributed by atoms with van der Waals surface area (Å²) in [7, 11) is 0. The summed E-state index contributed by atoms with van der Waals surface area (Å²) < 4.78 is 5.16. The first-order valence-electron chi connectivity index (χ1n) is 9.28. The molecule has 1 unspecified atom stereocenters. The van der Waals surface area contributed by atoms with Gasteiger partial charge in [0, 0.05) is 36.9 Å². The zero-order valence-corrected chi connectivity index (χ0v) is 18.0. The van der Waals surface area contributed by atoms with Crippen LogP contribution in [0.25, 0.3) is 0 Å². The number of nitrogens with one attached hydrogen (secondary N) is 2. The lowest BCUT2D eigenvalue weighted by Gasteiger charge is -2.19. The van der Waals surface area contributed by atoms with Crippen molar-refractivity contribution in [3.8, 4) is 0 Å². The third-order valence-corrected chi connectivity index (χ3v) is 4.59. The minimum atomic E-state index is -0.310. The quantitative estimate of drug-likeness (QED) is 0.610. The number of hydrogen-bond donors (Lipinski definition) is 3. The number of halogens is 2. The predicted octanol–water partition coefficient (Wildman–Crippen LogP) is 3.33. The van der Waals surface area contributed by atoms with Gasteiger partial charge in [0.25, 0.3) is 5.91 Å². The van der Waals surface area contributed by atoms with Crippen LogP contribution in [-0.4, -0.2) is 30.9 Å². The molecule has 2 aromatic rings. The van der Waals surface area contributed by atoms with Crippen molar-refractivity contribution in [2.45, 2.75) is 38.8 Å². The molecule has 1 aliphatic rings. The fraction of sp³-hybridized carbons (Fsp3) is 0.400. The molecule has 160 valence electrons. The molecule has 1 fully saturated rings. The molecule has 0 aliphatic carbocycles. The average molecular weight is 443 g/mol. The summed E-state index contributed by atoms with van der Waals surface area (Å²) >= 11 is 0. The Hall–Kier alpha value is -2.22. The molecule has 0 bridgehead atoms. The maximum atomic E-state index is 12.3. The summed E-state index contributed by atoms with van der Waals surface area (Å²) in [6.07, 6.45) is 3.96. The number of amides is 2. The van der Waals surface area contributed by atoms with Crippen molar-refractivity contribution in [2.24, 2.45) is 5.73 Å². The molecule has 1 aromatic heterocycles. The van der Waals surface area contributed by atoms with Gasteiger partial charge in [0.05, 0.1) is 12.1 Å². The number of furan rings is 1. The van der Waals surface area contributed by atoms with E-state index in [0.717, 1.165) is 24.5 Å². The Morgan fingerprint density at radius 3 is 2.59 bits per heavy atom. The number of rotatable bonds is 7. The third kappa shape index (κ3) is 6.96. The van der Waals surface area contributed by atoms with Gasteiger partial charge in [-0.05, 0) is 44.0 Å². The molecule has 29 heavy (non-hydrogen) atoms. The van der Waals surface area contributed by atoms with Gasteiger partial charge in [-0.2, -0.15) is 0 Å². The van der Waals surface area contributed by atoms with Crippen molar-refractivity contribution in [3.05, 3.63) is 47.9 Å². The first-order valence-corrected chi connectivity index (χ1v) is 9.28. The Morgan fingerprint density at radius 1 is 1.21 bits per heavy atom. The Kier molecular flexibility index (Phi) is 10.0. The van der Waals surface area contributed by atoms with Crippen LogP contribution in [0.15, 0.2) is 41.0 Å². The van der Waals surface area contributed by atoms with E-state index in [4.69, 9.17) is 10.2 Å². The van der Waals surface area contributed by atoms with Gasteiger partial charge >= 0.3 is 0 Å². The van der Waals surface area contributed by atoms with Crippen molar-refractivity contribution < 1.29 is 14.0 Å². The number of carbonyl (C=O) groups is 2. The standard InChI is InChI=1S/C20H26N4O3.2ClH/c1-14(22-20(26)15-10-18(12-21)27-13-15)9-19(25)23-16-5-4-6-17(11-16)24-7-2-3-8-24;;/h4-6,10-11,13-14H,2-3,7-9,12,21H2,1H3,(H,22,26)(H,23,25);2*1H. The fourth-order valence-corrected chi connectivity index (χ4v) is 3.21. The third-order valence-electron chi connectivity index (χ3n) is 4.59. The highest BCUT2D eigenvalue weighted by atomic mass is 35.5. The molecule has 2 heterocycles. The molecule has 1 atom stereocenters. The van der Waals surface area contributed by atoms with Gasteiger partial charge in [0.2, 0.25) is 5.91 Å². The summed E-state index contributed by atoms with van der Waals surface area (Å²) in [6, 6.07) is 9.17. The first-order chi connectivity index (χ1) is 13.0. The topological polar surface area (TPSA) is 101 Å². The Balaban J connectivity index is 0.00000210. The van der Waals surface area contributed by atoms with Crippen molar-refractivity contribution in [1.82, 2.24) is 5.32 Å². The highest BCUT2D eigenvalue weighted by Crippen LogP contribution is 2.23. The first kappa shape index (κ1) is 24.8. The number of anilines is 2. The van der Waals surface area contributed by atoms with E-state index in [2.05, 4.69) is 21.6 Å². The summed E-state index contributed by atoms with van der Waals surface area (Å²) in [4.78, 5) is 26.8. The molecule has 1 saturated heterocycles. The predicted molar refractivity (Wildman–Crippen MR) is 119 cm³/mol. The van der Waals surface area contributed by atoms with Crippen LogP contribution < -0.4 is 21.3 Å². The molecular formula is C20H28Cl2N4O3. The van der Waals surface area contributed by atoms with E-state index in [1.807, 2.05) is 18.2 Å². The van der Waals surface area contributed by atoms with Gasteiger partial charge in [0.1, 0.15) is 12.0 Å². The second-order valence-electron chi connectivity index (χ2n) is 6.88. The maximum absolute atomic E-state index is 12.3. The fourth-order valence-electron chi connectivity index (χ4n) is 3.21. The van der Waals surface area contributed by atoms with Crippen LogP contribution in [0.1, 0.15) is 42.3 Å². The van der Waals surface area contributed by atoms with Gasteiger partial charge in [0.15, 0.2) is 0 Å². The van der Waals surface area contributed by atoms with Gasteiger partial charge in [-0.15, -0.1) is 24.8 Å². The Labute approximate surface area is 183 Å². The minimum absolute atomic E-state index is 0. The Morgan fingerprint density at radius 2 is 1.93 bits per heavy atom. The van der Waals surface area contributed by atoms with E-state index in [-0.39, 0.29) is 55.6 Å². The maximum Gasteiger partial charge on any atom is 0.254 e. The molecule has 1 aromatic carbocycles. The summed E-state index contributed by atoms with van der Waals surface area (Å²) in [5, 5.41) is 5.71. The normalized spacial score (nSPS) is 13.8. The SMILES string of the molecule is CC(CC(=O)Nc1cccc(N2CCCC2)c1)NC(=O)c1coc(CN)c1.Cl.Cl. The second kappa shape index (κ2) is 11.7. The zero-order chi connectivity index (χ0) is 19.2. The molecule has 1 aliphatic heterocycles. The highest BCUT2D eigenvalue weighted by Gasteiger charge is 2.16. The average Bonchev–Trinajstić information content (AvgIpc) is 3.33. The van der Waals surface area contributed by atoms with Crippen LogP contribution >= 0.6 is 24.8 Å². The molecule has 3 rings (SSSR count). The van der Waals surface area contributed by atoms with Crippen LogP contribution in [-0.2, 0) is 11.3 Å². The molecular weight excluding hydrogens is 415 g/mol. The van der Waals surface area contributed by atoms with Gasteiger partial charge in [-0.3, -0.25) is 9.59 Å². The van der Waals surface area contributed by atoms with Crippen molar-refractivity contribution >= 4 is 48.0 Å². The highest BCUT2D eigenvalue weighted by molar-refractivity contribution is 5.95. The van der Waals surface area contributed by atoms with E-state index < -0.39 is 0 Å². The lowest BCUT2D eigenvalue weighted by Crippen LogP contribution is -2.35. The summed E-state index contributed by atoms with van der Waals surface area (Å²) in [5.74, 6) is 0.120. The van der Waals surface area contributed by atoms with Gasteiger partial charge < -0.3 is 25.7 Å². The number of nitrogens with zero attached hydrogens (tertiary/aromatic N) is 1. The van der Waals surface area contributed by atoms with Crippen LogP contribution in [0.3, 0.4) is 0 Å². The zero-order valence-electron chi connectivity index (χ0n) is 16.3. The van der Waals surface area contributed by atoms with E-state index in [9.17, 15) is 9.59 Å². The van der Waals surface area contributed by atoms with E-state index >= 15 is 0 Å². The van der Waals surface area contributed by atoms with Crippen LogP contribution in [0.2, 0.25) is 0 Å². The second-order valence-corrected chi connectivity index (χ2v) is 6.88. The molecule has 9 heteroatoms. The van der Waals surface area contributed by atoms with Crippen molar-refractivity contribution in [3.63, 3.8) is 0 Å². The molecule has 0 radical (unpaired) electrons. The number of benzene rings is 1. The molecule has 2 amide bonds. The van der Waals surface area contributed by atoms with Gasteiger partial charge in [-0.25, -0.2) is 0 Å². The molecule has 0 saturated carbocycles. The Bertz CT molecular complexity index is 807. The largest absolute Gasteiger partial charge is 0.467 e. The van der Waals surface area contributed by atoms with Crippen LogP contribution in [0, 0.1) is 0 Å². The number of nitrogens with two attached hydrogens (primary N) is 1. The van der Waals surface area contributed by atoms with E-state index in [0.29, 0.717) is 11.3 Å². The summed E-state index contributed by atoms with van der Waals surface area (Å²) in [5.41, 5.74) is 7.77. The summed E-state index contributed by atoms with van der Waals surface area (Å²) in [6.45, 7) is 4.14. The lowest BCUT2D eigenvalue weighted by atomic mass is 10.2. The van der Waals surface area contributed by atoms with Crippen LogP contribution in [0.4, 0.5) is 11.4 Å². The molecule has 7 nitrogen and oxygen atoms in total. The monoisotopic (exact) mass is 442 g/mol. The smallest absolute Gasteiger partial charge is 0.254 e. The van der Waals surface area contributed by atoms with Crippen molar-refractivity contribution in [1.29, 1.82) is 0 Å². The van der Waals surface area contributed by atoms with Crippen molar-refractivity contribution in [2.75, 3.05) is 23.3 Å². The van der Waals surface area contributed by atoms with E-state index in [1.54, 1.807) is 13.0 Å². The number of carbonyl (C=O) groups excluding carboxylic acids is 2. The lowest BCUT2D eigenvalue weighted by molar-refractivity contribution is -0.116. The molecule has 0 spiro atoms. The van der Waals surface area contributed by atoms with Gasteiger partial charge in [-0.1, -0.05) is 6.07 Å².